The van der Waals surface area contributed by atoms with Gasteiger partial charge in [-0.25, -0.2) is 9.97 Å². The summed E-state index contributed by atoms with van der Waals surface area (Å²) in [6.45, 7) is 4.94. The summed E-state index contributed by atoms with van der Waals surface area (Å²) < 4.78 is 0. The smallest absolute Gasteiger partial charge is 0.257 e. The standard InChI is InChI=1S/C25H24Cl2N4O3.C20H14Cl3N3O2/c1-15-20(6-8-23(28-15)31-11-9-19(32)10-12-31)25(34)29-18-5-7-21(27)22(14-18)30-24(33)16-3-2-4-17(26)13-16;1-11-15(6-8-18(23)24-11)20(28)25-14-5-7-16(22)17(10-14)26-19(27)12-3-2-4-13(21)9-12/h2-8,13-14,19,32H,9-12H2,1H3,(H,29,34)(H,30,33);2-10H,1H3,(H,25,28)(H,26,27). The lowest BCUT2D eigenvalue weighted by Crippen LogP contribution is -2.36. The Labute approximate surface area is 382 Å². The van der Waals surface area contributed by atoms with E-state index in [0.29, 0.717) is 94.5 Å². The van der Waals surface area contributed by atoms with E-state index >= 15 is 0 Å². The van der Waals surface area contributed by atoms with Crippen molar-refractivity contribution in [2.45, 2.75) is 32.8 Å². The molecule has 318 valence electrons. The number of aromatic nitrogens is 2. The van der Waals surface area contributed by atoms with Gasteiger partial charge in [0, 0.05) is 45.6 Å². The fourth-order valence-corrected chi connectivity index (χ4v) is 7.17. The van der Waals surface area contributed by atoms with Gasteiger partial charge in [-0.15, -0.1) is 0 Å². The van der Waals surface area contributed by atoms with E-state index in [1.54, 1.807) is 117 Å². The third-order valence-electron chi connectivity index (χ3n) is 9.52. The van der Waals surface area contributed by atoms with Crippen molar-refractivity contribution in [1.82, 2.24) is 9.97 Å². The van der Waals surface area contributed by atoms with Crippen LogP contribution in [0.15, 0.2) is 109 Å². The number of anilines is 5. The molecule has 0 radical (unpaired) electrons. The zero-order chi connectivity index (χ0) is 44.5. The molecule has 4 aromatic carbocycles. The van der Waals surface area contributed by atoms with Crippen LogP contribution in [0, 0.1) is 13.8 Å². The largest absolute Gasteiger partial charge is 0.393 e. The number of aliphatic hydroxyl groups is 1. The van der Waals surface area contributed by atoms with E-state index < -0.39 is 0 Å². The highest BCUT2D eigenvalue weighted by molar-refractivity contribution is 6.35. The number of carbonyl (C=O) groups is 4. The molecule has 1 aliphatic rings. The molecule has 0 spiro atoms. The summed E-state index contributed by atoms with van der Waals surface area (Å²) in [7, 11) is 0. The van der Waals surface area contributed by atoms with Crippen LogP contribution < -0.4 is 26.2 Å². The van der Waals surface area contributed by atoms with Crippen LogP contribution in [-0.2, 0) is 0 Å². The molecule has 0 saturated carbocycles. The summed E-state index contributed by atoms with van der Waals surface area (Å²) in [5.74, 6) is -0.617. The summed E-state index contributed by atoms with van der Waals surface area (Å²) in [4.78, 5) is 61.1. The summed E-state index contributed by atoms with van der Waals surface area (Å²) in [5.41, 5.74) is 4.39. The number of piperidine rings is 1. The number of aryl methyl sites for hydroxylation is 2. The Kier molecular flexibility index (Phi) is 15.4. The lowest BCUT2D eigenvalue weighted by molar-refractivity contribution is 0.101. The quantitative estimate of drug-likeness (QED) is 0.0894. The zero-order valence-electron chi connectivity index (χ0n) is 33.1. The zero-order valence-corrected chi connectivity index (χ0v) is 36.9. The van der Waals surface area contributed by atoms with Gasteiger partial charge in [0.05, 0.1) is 50.0 Å². The van der Waals surface area contributed by atoms with E-state index in [9.17, 15) is 24.3 Å². The first-order chi connectivity index (χ1) is 29.6. The van der Waals surface area contributed by atoms with E-state index in [4.69, 9.17) is 58.0 Å². The SMILES string of the molecule is Cc1nc(Cl)ccc1C(=O)Nc1ccc(Cl)c(NC(=O)c2cccc(Cl)c2)c1.Cc1nc(N2CCC(O)CC2)ccc1C(=O)Nc1ccc(Cl)c(NC(=O)c2cccc(Cl)c2)c1. The van der Waals surface area contributed by atoms with E-state index in [1.807, 2.05) is 6.07 Å². The van der Waals surface area contributed by atoms with Gasteiger partial charge in [0.15, 0.2) is 0 Å². The lowest BCUT2D eigenvalue weighted by Gasteiger charge is -2.30. The van der Waals surface area contributed by atoms with E-state index in [2.05, 4.69) is 36.1 Å². The fraction of sp³-hybridized carbons (Fsp3) is 0.156. The normalized spacial score (nSPS) is 12.4. The van der Waals surface area contributed by atoms with Crippen molar-refractivity contribution in [3.8, 4) is 0 Å². The van der Waals surface area contributed by atoms with Crippen molar-refractivity contribution in [3.63, 3.8) is 0 Å². The molecular formula is C45H38Cl5N7O5. The van der Waals surface area contributed by atoms with Crippen molar-refractivity contribution in [2.24, 2.45) is 0 Å². The molecular weight excluding hydrogens is 896 g/mol. The van der Waals surface area contributed by atoms with E-state index in [-0.39, 0.29) is 29.7 Å². The highest BCUT2D eigenvalue weighted by atomic mass is 35.5. The van der Waals surface area contributed by atoms with Gasteiger partial charge in [-0.05, 0) is 124 Å². The predicted octanol–water partition coefficient (Wildman–Crippen LogP) is 11.0. The number of amides is 4. The number of carbonyl (C=O) groups excluding carboxylic acids is 4. The molecule has 1 fully saturated rings. The number of rotatable bonds is 9. The molecule has 6 aromatic rings. The van der Waals surface area contributed by atoms with Gasteiger partial charge in [-0.3, -0.25) is 19.2 Å². The molecule has 3 heterocycles. The molecule has 1 saturated heterocycles. The number of halogens is 5. The van der Waals surface area contributed by atoms with Gasteiger partial charge in [0.1, 0.15) is 11.0 Å². The summed E-state index contributed by atoms with van der Waals surface area (Å²) in [5, 5.41) is 22.6. The van der Waals surface area contributed by atoms with Crippen LogP contribution in [0.2, 0.25) is 25.2 Å². The second-order valence-electron chi connectivity index (χ2n) is 14.0. The van der Waals surface area contributed by atoms with E-state index in [0.717, 1.165) is 18.9 Å². The van der Waals surface area contributed by atoms with Gasteiger partial charge >= 0.3 is 0 Å². The summed E-state index contributed by atoms with van der Waals surface area (Å²) in [6.07, 6.45) is 1.15. The molecule has 0 aliphatic carbocycles. The van der Waals surface area contributed by atoms with Crippen LogP contribution >= 0.6 is 58.0 Å². The van der Waals surface area contributed by atoms with Crippen molar-refractivity contribution in [3.05, 3.63) is 168 Å². The van der Waals surface area contributed by atoms with Crippen molar-refractivity contribution in [1.29, 1.82) is 0 Å². The maximum absolute atomic E-state index is 12.9. The number of benzene rings is 4. The molecule has 62 heavy (non-hydrogen) atoms. The Hall–Kier alpha value is -5.73. The first-order valence-electron chi connectivity index (χ1n) is 19.0. The number of nitrogens with zero attached hydrogens (tertiary/aromatic N) is 3. The third-order valence-corrected chi connectivity index (χ3v) is 10.9. The second-order valence-corrected chi connectivity index (χ2v) is 16.1. The van der Waals surface area contributed by atoms with Gasteiger partial charge in [-0.1, -0.05) is 70.1 Å². The molecule has 1 aliphatic heterocycles. The highest BCUT2D eigenvalue weighted by Gasteiger charge is 2.20. The Balaban J connectivity index is 0.000000211. The maximum atomic E-state index is 12.9. The molecule has 0 unspecified atom stereocenters. The molecule has 4 amide bonds. The molecule has 12 nitrogen and oxygen atoms in total. The van der Waals surface area contributed by atoms with Gasteiger partial charge < -0.3 is 31.3 Å². The lowest BCUT2D eigenvalue weighted by atomic mass is 10.1. The van der Waals surface area contributed by atoms with Gasteiger partial charge in [-0.2, -0.15) is 0 Å². The van der Waals surface area contributed by atoms with Crippen LogP contribution in [-0.4, -0.2) is 57.9 Å². The molecule has 7 rings (SSSR count). The second kappa shape index (κ2) is 20.9. The van der Waals surface area contributed by atoms with Crippen LogP contribution in [0.1, 0.15) is 65.7 Å². The third kappa shape index (κ3) is 12.2. The summed E-state index contributed by atoms with van der Waals surface area (Å²) in [6, 6.07) is 29.5. The van der Waals surface area contributed by atoms with Crippen LogP contribution in [0.4, 0.5) is 28.6 Å². The Morgan fingerprint density at radius 3 is 1.48 bits per heavy atom. The molecule has 5 N–H and O–H groups in total. The van der Waals surface area contributed by atoms with Crippen LogP contribution in [0.25, 0.3) is 0 Å². The minimum absolute atomic E-state index is 0.262. The number of hydrogen-bond donors (Lipinski definition) is 5. The first kappa shape index (κ1) is 45.8. The number of aliphatic hydroxyl groups excluding tert-OH is 1. The van der Waals surface area contributed by atoms with Gasteiger partial charge in [0.2, 0.25) is 0 Å². The highest BCUT2D eigenvalue weighted by Crippen LogP contribution is 2.29. The molecule has 0 bridgehead atoms. The topological polar surface area (TPSA) is 166 Å². The molecule has 0 atom stereocenters. The van der Waals surface area contributed by atoms with Crippen molar-refractivity contribution >= 4 is 110 Å². The Morgan fingerprint density at radius 1 is 0.565 bits per heavy atom. The predicted molar refractivity (Wildman–Crippen MR) is 248 cm³/mol. The molecule has 2 aromatic heterocycles. The van der Waals surface area contributed by atoms with Gasteiger partial charge in [0.25, 0.3) is 23.6 Å². The fourth-order valence-electron chi connectivity index (χ4n) is 6.27. The van der Waals surface area contributed by atoms with E-state index in [1.165, 1.54) is 0 Å². The van der Waals surface area contributed by atoms with Crippen LogP contribution in [0.3, 0.4) is 0 Å². The molecule has 17 heteroatoms. The average molecular weight is 934 g/mol. The van der Waals surface area contributed by atoms with Crippen LogP contribution in [0.5, 0.6) is 0 Å². The number of pyridine rings is 2. The first-order valence-corrected chi connectivity index (χ1v) is 20.9. The average Bonchev–Trinajstić information content (AvgIpc) is 3.23. The number of hydrogen-bond acceptors (Lipinski definition) is 8. The van der Waals surface area contributed by atoms with Crippen molar-refractivity contribution < 1.29 is 24.3 Å². The van der Waals surface area contributed by atoms with Crippen molar-refractivity contribution in [2.75, 3.05) is 39.3 Å². The Morgan fingerprint density at radius 2 is 1.03 bits per heavy atom. The Bertz CT molecular complexity index is 2660. The summed E-state index contributed by atoms with van der Waals surface area (Å²) >= 11 is 30.1. The minimum Gasteiger partial charge on any atom is -0.393 e. The minimum atomic E-state index is -0.370. The monoisotopic (exact) mass is 931 g/mol. The number of nitrogens with one attached hydrogen (secondary N) is 4. The maximum Gasteiger partial charge on any atom is 0.257 e.